The number of nitrogens with zero attached hydrogens (tertiary/aromatic N) is 1. The maximum atomic E-state index is 13.6. The smallest absolute Gasteiger partial charge is 0.129 e. The minimum atomic E-state index is -0.262. The van der Waals surface area contributed by atoms with E-state index in [1.54, 1.807) is 24.4 Å². The predicted molar refractivity (Wildman–Crippen MR) is 94.8 cm³/mol. The highest BCUT2D eigenvalue weighted by atomic mass is 19.1. The van der Waals surface area contributed by atoms with Crippen LogP contribution in [0.3, 0.4) is 0 Å². The molecule has 1 N–H and O–H groups in total. The summed E-state index contributed by atoms with van der Waals surface area (Å²) in [5, 5.41) is 4.19. The molecule has 0 saturated carbocycles. The van der Waals surface area contributed by atoms with Gasteiger partial charge in [0.2, 0.25) is 0 Å². The average molecular weight is 320 g/mol. The third kappa shape index (κ3) is 4.43. The van der Waals surface area contributed by atoms with Crippen molar-refractivity contribution in [2.75, 3.05) is 5.43 Å². The second-order valence-corrected chi connectivity index (χ2v) is 5.19. The number of hydrogen-bond donors (Lipinski definition) is 1. The molecule has 0 unspecified atom stereocenters. The molecule has 0 atom stereocenters. The van der Waals surface area contributed by atoms with Gasteiger partial charge in [-0.1, -0.05) is 48.5 Å². The van der Waals surface area contributed by atoms with Crippen LogP contribution in [0.4, 0.5) is 10.1 Å². The Morgan fingerprint density at radius 3 is 2.54 bits per heavy atom. The number of hydrogen-bond acceptors (Lipinski definition) is 3. The van der Waals surface area contributed by atoms with E-state index in [2.05, 4.69) is 10.5 Å². The first-order valence-corrected chi connectivity index (χ1v) is 7.62. The number of ether oxygens (including phenoxy) is 1. The van der Waals surface area contributed by atoms with Crippen LogP contribution < -0.4 is 10.2 Å². The zero-order valence-electron chi connectivity index (χ0n) is 13.0. The van der Waals surface area contributed by atoms with E-state index in [0.717, 1.165) is 11.3 Å². The number of halogens is 1. The van der Waals surface area contributed by atoms with Gasteiger partial charge in [-0.25, -0.2) is 4.39 Å². The number of hydrazone groups is 1. The second-order valence-electron chi connectivity index (χ2n) is 5.19. The highest BCUT2D eigenvalue weighted by Gasteiger charge is 2.02. The van der Waals surface area contributed by atoms with Crippen molar-refractivity contribution in [3.63, 3.8) is 0 Å². The molecule has 4 heteroatoms. The molecule has 0 amide bonds. The lowest BCUT2D eigenvalue weighted by molar-refractivity contribution is 0.300. The number of benzene rings is 3. The first-order valence-electron chi connectivity index (χ1n) is 7.62. The minimum Gasteiger partial charge on any atom is -0.489 e. The lowest BCUT2D eigenvalue weighted by Crippen LogP contribution is -1.98. The first kappa shape index (κ1) is 15.7. The van der Waals surface area contributed by atoms with Gasteiger partial charge in [0.25, 0.3) is 0 Å². The van der Waals surface area contributed by atoms with Crippen molar-refractivity contribution in [1.82, 2.24) is 0 Å². The maximum absolute atomic E-state index is 13.6. The molecule has 3 aromatic carbocycles. The SMILES string of the molecule is Fc1ccccc1COc1cccc(C=NNc2ccccc2)c1. The molecule has 3 nitrogen and oxygen atoms in total. The van der Waals surface area contributed by atoms with Crippen molar-refractivity contribution in [2.45, 2.75) is 6.61 Å². The Morgan fingerprint density at radius 2 is 1.71 bits per heavy atom. The van der Waals surface area contributed by atoms with E-state index in [0.29, 0.717) is 11.3 Å². The fraction of sp³-hybridized carbons (Fsp3) is 0.0500. The maximum Gasteiger partial charge on any atom is 0.129 e. The van der Waals surface area contributed by atoms with Crippen LogP contribution >= 0.6 is 0 Å². The minimum absolute atomic E-state index is 0.190. The second kappa shape index (κ2) is 7.92. The summed E-state index contributed by atoms with van der Waals surface area (Å²) >= 11 is 0. The first-order chi connectivity index (χ1) is 11.8. The van der Waals surface area contributed by atoms with Crippen LogP contribution in [0, 0.1) is 5.82 Å². The quantitative estimate of drug-likeness (QED) is 0.520. The summed E-state index contributed by atoms with van der Waals surface area (Å²) in [6.45, 7) is 0.190. The van der Waals surface area contributed by atoms with Gasteiger partial charge in [0, 0.05) is 5.56 Å². The van der Waals surface area contributed by atoms with E-state index in [1.807, 2.05) is 54.6 Å². The molecule has 3 rings (SSSR count). The van der Waals surface area contributed by atoms with Crippen LogP contribution in [0.25, 0.3) is 0 Å². The Bertz CT molecular complexity index is 819. The van der Waals surface area contributed by atoms with Crippen molar-refractivity contribution >= 4 is 11.9 Å². The van der Waals surface area contributed by atoms with Gasteiger partial charge in [-0.2, -0.15) is 5.10 Å². The largest absolute Gasteiger partial charge is 0.489 e. The van der Waals surface area contributed by atoms with Crippen LogP contribution in [0.1, 0.15) is 11.1 Å². The van der Waals surface area contributed by atoms with E-state index in [9.17, 15) is 4.39 Å². The van der Waals surface area contributed by atoms with Crippen molar-refractivity contribution in [1.29, 1.82) is 0 Å². The molecule has 0 aliphatic heterocycles. The number of anilines is 1. The fourth-order valence-corrected chi connectivity index (χ4v) is 2.16. The molecule has 0 aliphatic carbocycles. The van der Waals surface area contributed by atoms with Gasteiger partial charge in [-0.15, -0.1) is 0 Å². The van der Waals surface area contributed by atoms with Crippen LogP contribution in [-0.4, -0.2) is 6.21 Å². The van der Waals surface area contributed by atoms with Crippen molar-refractivity contribution in [2.24, 2.45) is 5.10 Å². The summed E-state index contributed by atoms with van der Waals surface area (Å²) in [4.78, 5) is 0. The Labute approximate surface area is 140 Å². The van der Waals surface area contributed by atoms with E-state index >= 15 is 0 Å². The number of rotatable bonds is 6. The molecule has 0 bridgehead atoms. The third-order valence-electron chi connectivity index (χ3n) is 3.39. The molecule has 0 heterocycles. The Morgan fingerprint density at radius 1 is 0.917 bits per heavy atom. The van der Waals surface area contributed by atoms with Gasteiger partial charge in [0.15, 0.2) is 0 Å². The summed E-state index contributed by atoms with van der Waals surface area (Å²) in [6, 6.07) is 23.8. The van der Waals surface area contributed by atoms with Crippen LogP contribution in [0.15, 0.2) is 84.0 Å². The summed E-state index contributed by atoms with van der Waals surface area (Å²) in [7, 11) is 0. The lowest BCUT2D eigenvalue weighted by atomic mass is 10.2. The van der Waals surface area contributed by atoms with E-state index < -0.39 is 0 Å². The standard InChI is InChI=1S/C20H17FN2O/c21-20-12-5-4-8-17(20)15-24-19-11-6-7-16(13-19)14-22-23-18-9-2-1-3-10-18/h1-14,23H,15H2. The summed E-state index contributed by atoms with van der Waals surface area (Å²) in [5.41, 5.74) is 5.30. The van der Waals surface area contributed by atoms with Crippen LogP contribution in [-0.2, 0) is 6.61 Å². The highest BCUT2D eigenvalue weighted by molar-refractivity contribution is 5.80. The van der Waals surface area contributed by atoms with E-state index in [1.165, 1.54) is 6.07 Å². The molecule has 0 fully saturated rings. The van der Waals surface area contributed by atoms with Crippen LogP contribution in [0.2, 0.25) is 0 Å². The summed E-state index contributed by atoms with van der Waals surface area (Å²) in [5.74, 6) is 0.407. The van der Waals surface area contributed by atoms with Gasteiger partial charge in [-0.3, -0.25) is 5.43 Å². The molecular formula is C20H17FN2O. The Kier molecular flexibility index (Phi) is 5.20. The molecule has 3 aromatic rings. The molecule has 0 aliphatic rings. The van der Waals surface area contributed by atoms with Gasteiger partial charge in [0.05, 0.1) is 11.9 Å². The zero-order chi connectivity index (χ0) is 16.6. The third-order valence-corrected chi connectivity index (χ3v) is 3.39. The van der Waals surface area contributed by atoms with Gasteiger partial charge < -0.3 is 4.74 Å². The van der Waals surface area contributed by atoms with Gasteiger partial charge in [0.1, 0.15) is 18.2 Å². The molecule has 0 spiro atoms. The number of para-hydroxylation sites is 1. The fourth-order valence-electron chi connectivity index (χ4n) is 2.16. The highest BCUT2D eigenvalue weighted by Crippen LogP contribution is 2.15. The van der Waals surface area contributed by atoms with Gasteiger partial charge in [-0.05, 0) is 35.9 Å². The molecule has 0 radical (unpaired) electrons. The zero-order valence-corrected chi connectivity index (χ0v) is 13.0. The normalized spacial score (nSPS) is 10.7. The Hall–Kier alpha value is -3.14. The molecular weight excluding hydrogens is 303 g/mol. The molecule has 24 heavy (non-hydrogen) atoms. The van der Waals surface area contributed by atoms with Crippen molar-refractivity contribution in [3.05, 3.63) is 95.8 Å². The number of nitrogens with one attached hydrogen (secondary N) is 1. The lowest BCUT2D eigenvalue weighted by Gasteiger charge is -2.07. The summed E-state index contributed by atoms with van der Waals surface area (Å²) in [6.07, 6.45) is 1.71. The molecule has 0 saturated heterocycles. The van der Waals surface area contributed by atoms with Crippen molar-refractivity contribution in [3.8, 4) is 5.75 Å². The predicted octanol–water partition coefficient (Wildman–Crippen LogP) is 4.85. The van der Waals surface area contributed by atoms with Crippen LogP contribution in [0.5, 0.6) is 5.75 Å². The monoisotopic (exact) mass is 320 g/mol. The van der Waals surface area contributed by atoms with Crippen molar-refractivity contribution < 1.29 is 9.13 Å². The topological polar surface area (TPSA) is 33.6 Å². The van der Waals surface area contributed by atoms with E-state index in [-0.39, 0.29) is 12.4 Å². The Balaban J connectivity index is 1.60. The average Bonchev–Trinajstić information content (AvgIpc) is 2.62. The van der Waals surface area contributed by atoms with Gasteiger partial charge >= 0.3 is 0 Å². The molecule has 120 valence electrons. The summed E-state index contributed by atoms with van der Waals surface area (Å²) < 4.78 is 19.2. The molecule has 0 aromatic heterocycles. The van der Waals surface area contributed by atoms with E-state index in [4.69, 9.17) is 4.74 Å².